The Morgan fingerprint density at radius 3 is 2.57 bits per heavy atom. The van der Waals surface area contributed by atoms with Crippen LogP contribution in [0.5, 0.6) is 0 Å². The highest BCUT2D eigenvalue weighted by molar-refractivity contribution is 5.92. The summed E-state index contributed by atoms with van der Waals surface area (Å²) in [7, 11) is 0. The van der Waals surface area contributed by atoms with Crippen molar-refractivity contribution >= 4 is 5.91 Å². The van der Waals surface area contributed by atoms with E-state index in [1.807, 2.05) is 16.8 Å². The van der Waals surface area contributed by atoms with E-state index in [4.69, 9.17) is 0 Å². The fourth-order valence-electron chi connectivity index (χ4n) is 3.97. The molecule has 2 aromatic rings. The number of halogens is 1. The summed E-state index contributed by atoms with van der Waals surface area (Å²) in [5.74, 6) is -0.348. The number of hydrogen-bond acceptors (Lipinski definition) is 5. The third-order valence-electron chi connectivity index (χ3n) is 5.67. The van der Waals surface area contributed by atoms with E-state index in [1.54, 1.807) is 6.20 Å². The van der Waals surface area contributed by atoms with Crippen molar-refractivity contribution < 1.29 is 9.18 Å². The van der Waals surface area contributed by atoms with Crippen molar-refractivity contribution in [1.29, 1.82) is 0 Å². The van der Waals surface area contributed by atoms with Crippen molar-refractivity contribution in [2.45, 2.75) is 44.3 Å². The van der Waals surface area contributed by atoms with Crippen molar-refractivity contribution in [1.82, 2.24) is 30.5 Å². The highest BCUT2D eigenvalue weighted by Gasteiger charge is 2.23. The summed E-state index contributed by atoms with van der Waals surface area (Å²) in [5, 5.41) is 14.7. The fourth-order valence-corrected chi connectivity index (χ4v) is 3.97. The molecule has 150 valence electrons. The number of amides is 1. The molecule has 8 heteroatoms. The first kappa shape index (κ1) is 19.0. The monoisotopic (exact) mass is 386 g/mol. The summed E-state index contributed by atoms with van der Waals surface area (Å²) >= 11 is 0. The number of carbonyl (C=O) groups excluding carboxylic acids is 1. The maximum Gasteiger partial charge on any atom is 0.273 e. The molecule has 2 saturated heterocycles. The van der Waals surface area contributed by atoms with Crippen molar-refractivity contribution in [3.8, 4) is 0 Å². The number of nitrogens with zero attached hydrogens (tertiary/aromatic N) is 4. The predicted octanol–water partition coefficient (Wildman–Crippen LogP) is 1.74. The van der Waals surface area contributed by atoms with E-state index in [0.29, 0.717) is 11.7 Å². The Morgan fingerprint density at radius 2 is 1.86 bits per heavy atom. The Bertz CT molecular complexity index is 778. The molecular formula is C20H27FN6O. The number of carbonyl (C=O) groups is 1. The Morgan fingerprint density at radius 1 is 1.14 bits per heavy atom. The van der Waals surface area contributed by atoms with Gasteiger partial charge in [-0.05, 0) is 56.5 Å². The molecule has 0 atom stereocenters. The van der Waals surface area contributed by atoms with Crippen LogP contribution >= 0.6 is 0 Å². The second-order valence-corrected chi connectivity index (χ2v) is 7.72. The van der Waals surface area contributed by atoms with E-state index in [2.05, 4.69) is 25.8 Å². The molecule has 0 bridgehead atoms. The first-order chi connectivity index (χ1) is 13.7. The number of likely N-dealkylation sites (tertiary alicyclic amines) is 1. The topological polar surface area (TPSA) is 75.1 Å². The molecule has 0 saturated carbocycles. The molecule has 4 rings (SSSR count). The molecule has 2 aliphatic heterocycles. The molecular weight excluding hydrogens is 359 g/mol. The Hall–Kier alpha value is -2.32. The highest BCUT2D eigenvalue weighted by Crippen LogP contribution is 2.18. The molecule has 0 aliphatic carbocycles. The van der Waals surface area contributed by atoms with E-state index < -0.39 is 0 Å². The summed E-state index contributed by atoms with van der Waals surface area (Å²) in [5.41, 5.74) is 1.51. The Labute approximate surface area is 164 Å². The van der Waals surface area contributed by atoms with Crippen LogP contribution in [0.25, 0.3) is 0 Å². The SMILES string of the molecule is O=C(NC1CCN(Cc2ccc(F)cc2)CC1)c1cn(C2CCNCC2)nn1. The standard InChI is InChI=1S/C20H27FN6O/c21-16-3-1-15(2-4-16)13-26-11-7-17(8-12-26)23-20(28)19-14-27(25-24-19)18-5-9-22-10-6-18/h1-4,14,17-18,22H,5-13H2,(H,23,28). The zero-order chi connectivity index (χ0) is 19.3. The van der Waals surface area contributed by atoms with Crippen LogP contribution in [-0.2, 0) is 6.54 Å². The van der Waals surface area contributed by atoms with Gasteiger partial charge in [-0.3, -0.25) is 9.69 Å². The number of benzene rings is 1. The summed E-state index contributed by atoms with van der Waals surface area (Å²) in [6, 6.07) is 7.13. The number of piperidine rings is 2. The van der Waals surface area contributed by atoms with Gasteiger partial charge < -0.3 is 10.6 Å². The average Bonchev–Trinajstić information content (AvgIpc) is 3.22. The van der Waals surface area contributed by atoms with Crippen LogP contribution in [0.15, 0.2) is 30.5 Å². The summed E-state index contributed by atoms with van der Waals surface area (Å²) in [6.07, 6.45) is 5.59. The van der Waals surface area contributed by atoms with E-state index in [-0.39, 0.29) is 17.8 Å². The van der Waals surface area contributed by atoms with Gasteiger partial charge in [0.1, 0.15) is 5.82 Å². The molecule has 2 fully saturated rings. The normalized spacial score (nSPS) is 19.6. The molecule has 1 aromatic heterocycles. The maximum absolute atomic E-state index is 13.0. The van der Waals surface area contributed by atoms with Crippen LogP contribution in [-0.4, -0.2) is 58.0 Å². The van der Waals surface area contributed by atoms with Gasteiger partial charge in [-0.2, -0.15) is 0 Å². The van der Waals surface area contributed by atoms with Crippen LogP contribution < -0.4 is 10.6 Å². The Kier molecular flexibility index (Phi) is 5.97. The van der Waals surface area contributed by atoms with Crippen molar-refractivity contribution in [3.63, 3.8) is 0 Å². The quantitative estimate of drug-likeness (QED) is 0.819. The lowest BCUT2D eigenvalue weighted by atomic mass is 10.0. The third kappa shape index (κ3) is 4.74. The Balaban J connectivity index is 1.24. The summed E-state index contributed by atoms with van der Waals surface area (Å²) in [6.45, 7) is 4.57. The van der Waals surface area contributed by atoms with Gasteiger partial charge in [-0.15, -0.1) is 5.10 Å². The van der Waals surface area contributed by atoms with Gasteiger partial charge in [-0.25, -0.2) is 9.07 Å². The largest absolute Gasteiger partial charge is 0.348 e. The van der Waals surface area contributed by atoms with Gasteiger partial charge in [0.15, 0.2) is 5.69 Å². The molecule has 3 heterocycles. The highest BCUT2D eigenvalue weighted by atomic mass is 19.1. The minimum absolute atomic E-state index is 0.142. The molecule has 0 spiro atoms. The summed E-state index contributed by atoms with van der Waals surface area (Å²) < 4.78 is 14.9. The van der Waals surface area contributed by atoms with Gasteiger partial charge in [0, 0.05) is 25.7 Å². The molecule has 28 heavy (non-hydrogen) atoms. The first-order valence-corrected chi connectivity index (χ1v) is 10.1. The second kappa shape index (κ2) is 8.79. The minimum atomic E-state index is -0.206. The lowest BCUT2D eigenvalue weighted by molar-refractivity contribution is 0.0903. The molecule has 7 nitrogen and oxygen atoms in total. The second-order valence-electron chi connectivity index (χ2n) is 7.72. The molecule has 2 aliphatic rings. The summed E-state index contributed by atoms with van der Waals surface area (Å²) in [4.78, 5) is 14.9. The van der Waals surface area contributed by atoms with E-state index in [0.717, 1.165) is 64.0 Å². The maximum atomic E-state index is 13.0. The van der Waals surface area contributed by atoms with Gasteiger partial charge in [-0.1, -0.05) is 17.3 Å². The number of aromatic nitrogens is 3. The van der Waals surface area contributed by atoms with E-state index >= 15 is 0 Å². The lowest BCUT2D eigenvalue weighted by Gasteiger charge is -2.32. The van der Waals surface area contributed by atoms with Crippen molar-refractivity contribution in [2.75, 3.05) is 26.2 Å². The zero-order valence-electron chi connectivity index (χ0n) is 16.0. The van der Waals surface area contributed by atoms with Crippen LogP contribution in [0, 0.1) is 5.82 Å². The predicted molar refractivity (Wildman–Crippen MR) is 103 cm³/mol. The van der Waals surface area contributed by atoms with Crippen molar-refractivity contribution in [2.24, 2.45) is 0 Å². The van der Waals surface area contributed by atoms with Gasteiger partial charge in [0.25, 0.3) is 5.91 Å². The van der Waals surface area contributed by atoms with Crippen LogP contribution in [0.4, 0.5) is 4.39 Å². The van der Waals surface area contributed by atoms with Crippen LogP contribution in [0.1, 0.15) is 47.8 Å². The third-order valence-corrected chi connectivity index (χ3v) is 5.67. The van der Waals surface area contributed by atoms with E-state index in [1.165, 1.54) is 12.1 Å². The molecule has 1 aromatic carbocycles. The molecule has 1 amide bonds. The number of hydrogen-bond donors (Lipinski definition) is 2. The van der Waals surface area contributed by atoms with Gasteiger partial charge >= 0.3 is 0 Å². The van der Waals surface area contributed by atoms with Gasteiger partial charge in [0.05, 0.1) is 12.2 Å². The zero-order valence-corrected chi connectivity index (χ0v) is 16.0. The minimum Gasteiger partial charge on any atom is -0.348 e. The fraction of sp³-hybridized carbons (Fsp3) is 0.550. The van der Waals surface area contributed by atoms with Crippen molar-refractivity contribution in [3.05, 3.63) is 47.5 Å². The molecule has 0 radical (unpaired) electrons. The molecule has 2 N–H and O–H groups in total. The first-order valence-electron chi connectivity index (χ1n) is 10.1. The van der Waals surface area contributed by atoms with E-state index in [9.17, 15) is 9.18 Å². The van der Waals surface area contributed by atoms with Crippen LogP contribution in [0.3, 0.4) is 0 Å². The lowest BCUT2D eigenvalue weighted by Crippen LogP contribution is -2.44. The smallest absolute Gasteiger partial charge is 0.273 e. The average molecular weight is 386 g/mol. The number of rotatable bonds is 5. The number of nitrogens with one attached hydrogen (secondary N) is 2. The van der Waals surface area contributed by atoms with Crippen LogP contribution in [0.2, 0.25) is 0 Å². The van der Waals surface area contributed by atoms with Gasteiger partial charge in [0.2, 0.25) is 0 Å². The molecule has 0 unspecified atom stereocenters.